The van der Waals surface area contributed by atoms with Gasteiger partial charge in [-0.05, 0) is 12.8 Å². The molecule has 0 aromatic carbocycles. The Balaban J connectivity index is 1.72. The molecule has 13 heavy (non-hydrogen) atoms. The highest BCUT2D eigenvalue weighted by Gasteiger charge is 2.39. The van der Waals surface area contributed by atoms with Crippen molar-refractivity contribution in [3.05, 3.63) is 0 Å². The summed E-state index contributed by atoms with van der Waals surface area (Å²) < 4.78 is 16.3. The first-order chi connectivity index (χ1) is 6.35. The highest BCUT2D eigenvalue weighted by Crippen LogP contribution is 2.32. The van der Waals surface area contributed by atoms with Gasteiger partial charge >= 0.3 is 0 Å². The monoisotopic (exact) mass is 186 g/mol. The van der Waals surface area contributed by atoms with Gasteiger partial charge < -0.3 is 14.2 Å². The first kappa shape index (κ1) is 9.44. The van der Waals surface area contributed by atoms with Crippen molar-refractivity contribution in [3.63, 3.8) is 0 Å². The summed E-state index contributed by atoms with van der Waals surface area (Å²) in [6, 6.07) is 0. The maximum absolute atomic E-state index is 5.68. The molecule has 0 radical (unpaired) electrons. The molecule has 0 bridgehead atoms. The van der Waals surface area contributed by atoms with Crippen molar-refractivity contribution in [1.29, 1.82) is 0 Å². The highest BCUT2D eigenvalue weighted by molar-refractivity contribution is 4.75. The molecule has 2 heterocycles. The molecule has 2 saturated heterocycles. The molecule has 0 N–H and O–H groups in total. The zero-order valence-corrected chi connectivity index (χ0v) is 8.36. The van der Waals surface area contributed by atoms with E-state index >= 15 is 0 Å². The SMILES string of the molecule is CCC1COC1OC1OCC1CC. The lowest BCUT2D eigenvalue weighted by atomic mass is 10.0. The van der Waals surface area contributed by atoms with Crippen LogP contribution >= 0.6 is 0 Å². The molecule has 3 nitrogen and oxygen atoms in total. The normalized spacial score (nSPS) is 43.8. The van der Waals surface area contributed by atoms with Crippen LogP contribution in [0.15, 0.2) is 0 Å². The molecular formula is C10H18O3. The van der Waals surface area contributed by atoms with Crippen LogP contribution < -0.4 is 0 Å². The summed E-state index contributed by atoms with van der Waals surface area (Å²) in [7, 11) is 0. The maximum Gasteiger partial charge on any atom is 0.165 e. The van der Waals surface area contributed by atoms with E-state index in [2.05, 4.69) is 13.8 Å². The summed E-state index contributed by atoms with van der Waals surface area (Å²) in [5.41, 5.74) is 0. The molecule has 2 rings (SSSR count). The number of ether oxygens (including phenoxy) is 3. The first-order valence-corrected chi connectivity index (χ1v) is 5.23. The molecule has 2 aliphatic rings. The van der Waals surface area contributed by atoms with Crippen molar-refractivity contribution >= 4 is 0 Å². The minimum absolute atomic E-state index is 0.00403. The van der Waals surface area contributed by atoms with Gasteiger partial charge in [-0.1, -0.05) is 13.8 Å². The minimum Gasteiger partial charge on any atom is -0.352 e. The molecule has 0 aromatic heterocycles. The molecule has 0 amide bonds. The Bertz CT molecular complexity index is 150. The molecule has 2 fully saturated rings. The van der Waals surface area contributed by atoms with Gasteiger partial charge in [-0.2, -0.15) is 0 Å². The minimum atomic E-state index is 0.00403. The average Bonchev–Trinajstić information content (AvgIpc) is 2.02. The van der Waals surface area contributed by atoms with Crippen LogP contribution in [0.25, 0.3) is 0 Å². The average molecular weight is 186 g/mol. The van der Waals surface area contributed by atoms with Crippen LogP contribution in [0.4, 0.5) is 0 Å². The molecular weight excluding hydrogens is 168 g/mol. The quantitative estimate of drug-likeness (QED) is 0.669. The van der Waals surface area contributed by atoms with Gasteiger partial charge in [0, 0.05) is 11.8 Å². The van der Waals surface area contributed by atoms with E-state index in [-0.39, 0.29) is 12.6 Å². The Kier molecular flexibility index (Phi) is 2.86. The summed E-state index contributed by atoms with van der Waals surface area (Å²) in [4.78, 5) is 0. The summed E-state index contributed by atoms with van der Waals surface area (Å²) in [6.07, 6.45) is 2.27. The summed E-state index contributed by atoms with van der Waals surface area (Å²) in [5, 5.41) is 0. The largest absolute Gasteiger partial charge is 0.352 e. The Morgan fingerprint density at radius 2 is 1.46 bits per heavy atom. The van der Waals surface area contributed by atoms with Gasteiger partial charge in [0.15, 0.2) is 12.6 Å². The van der Waals surface area contributed by atoms with Gasteiger partial charge in [-0.25, -0.2) is 0 Å². The molecule has 3 heteroatoms. The lowest BCUT2D eigenvalue weighted by Crippen LogP contribution is -2.50. The molecule has 0 spiro atoms. The predicted octanol–water partition coefficient (Wildman–Crippen LogP) is 1.77. The first-order valence-electron chi connectivity index (χ1n) is 5.23. The maximum atomic E-state index is 5.68. The van der Waals surface area contributed by atoms with Crippen LogP contribution in [-0.2, 0) is 14.2 Å². The molecule has 0 saturated carbocycles. The van der Waals surface area contributed by atoms with Gasteiger partial charge in [-0.15, -0.1) is 0 Å². The summed E-state index contributed by atoms with van der Waals surface area (Å²) in [6.45, 7) is 6.04. The molecule has 4 unspecified atom stereocenters. The third-order valence-corrected chi connectivity index (χ3v) is 3.04. The van der Waals surface area contributed by atoms with E-state index in [0.717, 1.165) is 26.1 Å². The fraction of sp³-hybridized carbons (Fsp3) is 1.00. The van der Waals surface area contributed by atoms with Crippen molar-refractivity contribution in [3.8, 4) is 0 Å². The summed E-state index contributed by atoms with van der Waals surface area (Å²) in [5.74, 6) is 1.17. The summed E-state index contributed by atoms with van der Waals surface area (Å²) >= 11 is 0. The molecule has 0 aromatic rings. The molecule has 2 aliphatic heterocycles. The van der Waals surface area contributed by atoms with Crippen molar-refractivity contribution < 1.29 is 14.2 Å². The molecule has 0 aliphatic carbocycles. The zero-order valence-electron chi connectivity index (χ0n) is 8.36. The van der Waals surface area contributed by atoms with Crippen LogP contribution in [0.1, 0.15) is 26.7 Å². The van der Waals surface area contributed by atoms with Gasteiger partial charge in [0.25, 0.3) is 0 Å². The third-order valence-electron chi connectivity index (χ3n) is 3.04. The van der Waals surface area contributed by atoms with Crippen molar-refractivity contribution in [2.24, 2.45) is 11.8 Å². The van der Waals surface area contributed by atoms with Crippen LogP contribution in [0.3, 0.4) is 0 Å². The topological polar surface area (TPSA) is 27.7 Å². The van der Waals surface area contributed by atoms with E-state index in [0.29, 0.717) is 11.8 Å². The van der Waals surface area contributed by atoms with E-state index in [1.165, 1.54) is 0 Å². The van der Waals surface area contributed by atoms with Gasteiger partial charge in [0.2, 0.25) is 0 Å². The number of hydrogen-bond donors (Lipinski definition) is 0. The zero-order chi connectivity index (χ0) is 9.26. The van der Waals surface area contributed by atoms with Crippen molar-refractivity contribution in [1.82, 2.24) is 0 Å². The van der Waals surface area contributed by atoms with Crippen LogP contribution in [0.5, 0.6) is 0 Å². The van der Waals surface area contributed by atoms with Gasteiger partial charge in [0.1, 0.15) is 0 Å². The van der Waals surface area contributed by atoms with Crippen molar-refractivity contribution in [2.75, 3.05) is 13.2 Å². The number of rotatable bonds is 4. The van der Waals surface area contributed by atoms with Gasteiger partial charge in [0.05, 0.1) is 13.2 Å². The second-order valence-electron chi connectivity index (χ2n) is 3.88. The van der Waals surface area contributed by atoms with E-state index in [4.69, 9.17) is 14.2 Å². The Hall–Kier alpha value is -0.120. The van der Waals surface area contributed by atoms with Gasteiger partial charge in [-0.3, -0.25) is 0 Å². The second kappa shape index (κ2) is 3.95. The second-order valence-corrected chi connectivity index (χ2v) is 3.88. The Morgan fingerprint density at radius 3 is 1.69 bits per heavy atom. The van der Waals surface area contributed by atoms with Crippen LogP contribution in [-0.4, -0.2) is 25.8 Å². The fourth-order valence-corrected chi connectivity index (χ4v) is 1.68. The lowest BCUT2D eigenvalue weighted by molar-refractivity contribution is -0.363. The smallest absolute Gasteiger partial charge is 0.165 e. The highest BCUT2D eigenvalue weighted by atomic mass is 16.8. The van der Waals surface area contributed by atoms with E-state index in [1.807, 2.05) is 0 Å². The van der Waals surface area contributed by atoms with E-state index in [1.54, 1.807) is 0 Å². The van der Waals surface area contributed by atoms with Crippen LogP contribution in [0, 0.1) is 11.8 Å². The lowest BCUT2D eigenvalue weighted by Gasteiger charge is -2.43. The molecule has 76 valence electrons. The Morgan fingerprint density at radius 1 is 1.00 bits per heavy atom. The fourth-order valence-electron chi connectivity index (χ4n) is 1.68. The number of hydrogen-bond acceptors (Lipinski definition) is 3. The standard InChI is InChI=1S/C10H18O3/c1-3-7-5-11-9(7)13-10-8(4-2)6-12-10/h7-10H,3-6H2,1-2H3. The molecule has 4 atom stereocenters. The van der Waals surface area contributed by atoms with Crippen LogP contribution in [0.2, 0.25) is 0 Å². The van der Waals surface area contributed by atoms with E-state index < -0.39 is 0 Å². The predicted molar refractivity (Wildman–Crippen MR) is 48.1 cm³/mol. The Labute approximate surface area is 79.4 Å². The third kappa shape index (κ3) is 1.73. The van der Waals surface area contributed by atoms with E-state index in [9.17, 15) is 0 Å². The van der Waals surface area contributed by atoms with Crippen molar-refractivity contribution in [2.45, 2.75) is 39.3 Å².